The van der Waals surface area contributed by atoms with Crippen LogP contribution in [0.5, 0.6) is 11.5 Å². The Morgan fingerprint density at radius 2 is 1.79 bits per heavy atom. The molecule has 0 amide bonds. The summed E-state index contributed by atoms with van der Waals surface area (Å²) >= 11 is 0. The Hall–Kier alpha value is -2.30. The van der Waals surface area contributed by atoms with Crippen LogP contribution in [0.2, 0.25) is 0 Å². The summed E-state index contributed by atoms with van der Waals surface area (Å²) in [7, 11) is 0. The summed E-state index contributed by atoms with van der Waals surface area (Å²) in [5, 5.41) is 24.1. The number of allylic oxidation sites excluding steroid dienone is 1. The molecule has 19 heavy (non-hydrogen) atoms. The maximum absolute atomic E-state index is 10.1. The molecule has 0 saturated heterocycles. The highest BCUT2D eigenvalue weighted by atomic mass is 16.3. The maximum Gasteiger partial charge on any atom is 0.137 e. The first-order valence-corrected chi connectivity index (χ1v) is 6.03. The number of nitrogens with zero attached hydrogens (tertiary/aromatic N) is 3. The van der Waals surface area contributed by atoms with Crippen molar-refractivity contribution in [3.63, 3.8) is 0 Å². The summed E-state index contributed by atoms with van der Waals surface area (Å²) in [5.41, 5.74) is 2.73. The topological polar surface area (TPSA) is 71.2 Å². The number of phenolic OH excluding ortho intramolecular Hbond substituents is 2. The minimum Gasteiger partial charge on any atom is -0.507 e. The molecule has 2 aromatic rings. The largest absolute Gasteiger partial charge is 0.507 e. The van der Waals surface area contributed by atoms with Crippen LogP contribution in [0.1, 0.15) is 22.3 Å². The van der Waals surface area contributed by atoms with Gasteiger partial charge in [0.25, 0.3) is 0 Å². The summed E-state index contributed by atoms with van der Waals surface area (Å²) in [6, 6.07) is 0. The van der Waals surface area contributed by atoms with E-state index in [0.29, 0.717) is 28.8 Å². The molecule has 1 aromatic heterocycles. The van der Waals surface area contributed by atoms with Crippen molar-refractivity contribution < 1.29 is 10.2 Å². The maximum atomic E-state index is 10.1. The molecule has 1 heterocycles. The van der Waals surface area contributed by atoms with E-state index in [4.69, 9.17) is 0 Å². The zero-order valence-electron chi connectivity index (χ0n) is 11.3. The Morgan fingerprint density at radius 3 is 2.42 bits per heavy atom. The van der Waals surface area contributed by atoms with Gasteiger partial charge in [-0.1, -0.05) is 12.2 Å². The average Bonchev–Trinajstić information content (AvgIpc) is 2.91. The van der Waals surface area contributed by atoms with E-state index in [2.05, 4.69) is 10.1 Å². The molecule has 0 aliphatic heterocycles. The first kappa shape index (κ1) is 13.1. The van der Waals surface area contributed by atoms with Gasteiger partial charge in [-0.05, 0) is 31.9 Å². The van der Waals surface area contributed by atoms with Crippen molar-refractivity contribution in [1.82, 2.24) is 14.8 Å². The molecule has 0 atom stereocenters. The van der Waals surface area contributed by atoms with E-state index in [-0.39, 0.29) is 11.5 Å². The van der Waals surface area contributed by atoms with E-state index in [1.54, 1.807) is 37.9 Å². The lowest BCUT2D eigenvalue weighted by atomic mass is 9.97. The standard InChI is InChI=1S/C14H17N3O2/c1-9-10(2)14(19)12(11(3)13(9)18)5-4-6-17-8-15-7-16-17/h4-5,7-8,18-19H,6H2,1-3H3/b5-4+. The fraction of sp³-hybridized carbons (Fsp3) is 0.286. The normalized spacial score (nSPS) is 11.3. The lowest BCUT2D eigenvalue weighted by Crippen LogP contribution is -1.95. The number of benzene rings is 1. The van der Waals surface area contributed by atoms with Crippen LogP contribution in [-0.2, 0) is 6.54 Å². The molecule has 0 radical (unpaired) electrons. The highest BCUT2D eigenvalue weighted by Crippen LogP contribution is 2.36. The molecule has 2 N–H and O–H groups in total. The molecule has 1 aromatic carbocycles. The molecule has 0 saturated carbocycles. The SMILES string of the molecule is Cc1c(C)c(O)c(/C=C/Cn2cncn2)c(C)c1O. The highest BCUT2D eigenvalue weighted by Gasteiger charge is 2.14. The van der Waals surface area contributed by atoms with Crippen LogP contribution in [0.15, 0.2) is 18.7 Å². The molecule has 0 spiro atoms. The third kappa shape index (κ3) is 2.45. The van der Waals surface area contributed by atoms with E-state index in [9.17, 15) is 10.2 Å². The van der Waals surface area contributed by atoms with Crippen molar-refractivity contribution in [3.05, 3.63) is 41.0 Å². The minimum absolute atomic E-state index is 0.211. The fourth-order valence-electron chi connectivity index (χ4n) is 1.95. The second kappa shape index (κ2) is 5.14. The lowest BCUT2D eigenvalue weighted by molar-refractivity contribution is 0.448. The van der Waals surface area contributed by atoms with Crippen LogP contribution in [0.3, 0.4) is 0 Å². The number of rotatable bonds is 3. The summed E-state index contributed by atoms with van der Waals surface area (Å²) in [6.07, 6.45) is 6.75. The van der Waals surface area contributed by atoms with Crippen molar-refractivity contribution >= 4 is 6.08 Å². The van der Waals surface area contributed by atoms with Gasteiger partial charge in [0.1, 0.15) is 24.2 Å². The van der Waals surface area contributed by atoms with Crippen LogP contribution >= 0.6 is 0 Å². The second-order valence-electron chi connectivity index (χ2n) is 4.51. The Labute approximate surface area is 111 Å². The molecule has 100 valence electrons. The Bertz CT molecular complexity index is 587. The van der Waals surface area contributed by atoms with Crippen LogP contribution in [0.4, 0.5) is 0 Å². The van der Waals surface area contributed by atoms with Crippen LogP contribution < -0.4 is 0 Å². The van der Waals surface area contributed by atoms with Crippen molar-refractivity contribution in [2.45, 2.75) is 27.3 Å². The van der Waals surface area contributed by atoms with Gasteiger partial charge in [0.2, 0.25) is 0 Å². The molecule has 2 rings (SSSR count). The number of hydrogen-bond donors (Lipinski definition) is 2. The van der Waals surface area contributed by atoms with Gasteiger partial charge < -0.3 is 10.2 Å². The molecule has 0 fully saturated rings. The molecular weight excluding hydrogens is 242 g/mol. The third-order valence-electron chi connectivity index (χ3n) is 3.33. The van der Waals surface area contributed by atoms with Crippen LogP contribution in [-0.4, -0.2) is 25.0 Å². The van der Waals surface area contributed by atoms with Crippen LogP contribution in [0, 0.1) is 20.8 Å². The van der Waals surface area contributed by atoms with Gasteiger partial charge in [-0.2, -0.15) is 5.10 Å². The van der Waals surface area contributed by atoms with Crippen molar-refractivity contribution in [2.24, 2.45) is 0 Å². The zero-order valence-corrected chi connectivity index (χ0v) is 11.3. The van der Waals surface area contributed by atoms with Crippen molar-refractivity contribution in [1.29, 1.82) is 0 Å². The lowest BCUT2D eigenvalue weighted by Gasteiger charge is -2.13. The van der Waals surface area contributed by atoms with Gasteiger partial charge in [0, 0.05) is 11.1 Å². The number of phenols is 2. The number of hydrogen-bond acceptors (Lipinski definition) is 4. The molecule has 5 nitrogen and oxygen atoms in total. The summed E-state index contributed by atoms with van der Waals surface area (Å²) in [6.45, 7) is 5.93. The van der Waals surface area contributed by atoms with Gasteiger partial charge in [-0.25, -0.2) is 9.67 Å². The van der Waals surface area contributed by atoms with E-state index < -0.39 is 0 Å². The Balaban J connectivity index is 2.32. The van der Waals surface area contributed by atoms with Gasteiger partial charge in [0.05, 0.1) is 6.54 Å². The van der Waals surface area contributed by atoms with E-state index in [1.165, 1.54) is 6.33 Å². The Morgan fingerprint density at radius 1 is 1.11 bits per heavy atom. The molecule has 0 aliphatic carbocycles. The summed E-state index contributed by atoms with van der Waals surface area (Å²) in [4.78, 5) is 3.85. The van der Waals surface area contributed by atoms with E-state index in [0.717, 1.165) is 0 Å². The van der Waals surface area contributed by atoms with E-state index >= 15 is 0 Å². The number of aromatic hydroxyl groups is 2. The molecular formula is C14H17N3O2. The summed E-state index contributed by atoms with van der Waals surface area (Å²) < 4.78 is 1.67. The molecule has 0 unspecified atom stereocenters. The summed E-state index contributed by atoms with van der Waals surface area (Å²) in [5.74, 6) is 0.443. The second-order valence-corrected chi connectivity index (χ2v) is 4.51. The first-order valence-electron chi connectivity index (χ1n) is 6.03. The van der Waals surface area contributed by atoms with Crippen molar-refractivity contribution in [3.8, 4) is 11.5 Å². The molecule has 5 heteroatoms. The average molecular weight is 259 g/mol. The first-order chi connectivity index (χ1) is 9.02. The predicted molar refractivity (Wildman–Crippen MR) is 73.0 cm³/mol. The fourth-order valence-corrected chi connectivity index (χ4v) is 1.95. The smallest absolute Gasteiger partial charge is 0.137 e. The quantitative estimate of drug-likeness (QED) is 0.830. The van der Waals surface area contributed by atoms with Crippen molar-refractivity contribution in [2.75, 3.05) is 0 Å². The van der Waals surface area contributed by atoms with Gasteiger partial charge >= 0.3 is 0 Å². The Kier molecular flexibility index (Phi) is 3.55. The van der Waals surface area contributed by atoms with E-state index in [1.807, 2.05) is 6.08 Å². The molecule has 0 aliphatic rings. The third-order valence-corrected chi connectivity index (χ3v) is 3.33. The zero-order chi connectivity index (χ0) is 14.0. The minimum atomic E-state index is 0.211. The van der Waals surface area contributed by atoms with Gasteiger partial charge in [-0.3, -0.25) is 0 Å². The van der Waals surface area contributed by atoms with Gasteiger partial charge in [0.15, 0.2) is 0 Å². The highest BCUT2D eigenvalue weighted by molar-refractivity contribution is 5.68. The number of aromatic nitrogens is 3. The molecule has 0 bridgehead atoms. The monoisotopic (exact) mass is 259 g/mol. The predicted octanol–water partition coefficient (Wildman–Crippen LogP) is 2.33. The van der Waals surface area contributed by atoms with Gasteiger partial charge in [-0.15, -0.1) is 0 Å². The van der Waals surface area contributed by atoms with Crippen LogP contribution in [0.25, 0.3) is 6.08 Å².